The molecule has 0 spiro atoms. The van der Waals surface area contributed by atoms with Crippen LogP contribution in [0.2, 0.25) is 0 Å². The van der Waals surface area contributed by atoms with Crippen LogP contribution in [0.5, 0.6) is 0 Å². The normalized spacial score (nSPS) is 12.6. The molecule has 0 saturated heterocycles. The predicted molar refractivity (Wildman–Crippen MR) is 91.7 cm³/mol. The van der Waals surface area contributed by atoms with Crippen molar-refractivity contribution in [2.24, 2.45) is 0 Å². The van der Waals surface area contributed by atoms with Crippen molar-refractivity contribution in [2.45, 2.75) is 45.1 Å². The zero-order valence-electron chi connectivity index (χ0n) is 13.5. The van der Waals surface area contributed by atoms with Crippen LogP contribution in [0.15, 0.2) is 18.2 Å². The van der Waals surface area contributed by atoms with Crippen LogP contribution in [-0.2, 0) is 6.42 Å². The van der Waals surface area contributed by atoms with E-state index in [9.17, 15) is 9.90 Å². The Labute approximate surface area is 132 Å². The van der Waals surface area contributed by atoms with E-state index in [0.29, 0.717) is 11.6 Å². The molecular formula is C17H27NO2S. The Hall–Kier alpha value is -1.00. The van der Waals surface area contributed by atoms with E-state index >= 15 is 0 Å². The van der Waals surface area contributed by atoms with Gasteiger partial charge in [-0.1, -0.05) is 26.0 Å². The molecule has 0 bridgehead atoms. The summed E-state index contributed by atoms with van der Waals surface area (Å²) in [6.07, 6.45) is 5.25. The fourth-order valence-corrected chi connectivity index (χ4v) is 3.25. The molecule has 0 amide bonds. The lowest BCUT2D eigenvalue weighted by molar-refractivity contribution is 0.0695. The fraction of sp³-hybridized carbons (Fsp3) is 0.588. The maximum Gasteiger partial charge on any atom is 0.335 e. The van der Waals surface area contributed by atoms with E-state index in [1.807, 2.05) is 44.8 Å². The van der Waals surface area contributed by atoms with Crippen molar-refractivity contribution < 1.29 is 9.90 Å². The number of aryl methyl sites for hydroxylation is 1. The Morgan fingerprint density at radius 3 is 2.62 bits per heavy atom. The Morgan fingerprint density at radius 2 is 2.10 bits per heavy atom. The van der Waals surface area contributed by atoms with Crippen LogP contribution in [0.3, 0.4) is 0 Å². The smallest absolute Gasteiger partial charge is 0.335 e. The van der Waals surface area contributed by atoms with Crippen molar-refractivity contribution >= 4 is 17.7 Å². The van der Waals surface area contributed by atoms with Crippen molar-refractivity contribution in [1.29, 1.82) is 0 Å². The van der Waals surface area contributed by atoms with Gasteiger partial charge in [0.05, 0.1) is 5.56 Å². The number of nitrogens with one attached hydrogen (secondary N) is 1. The van der Waals surface area contributed by atoms with Gasteiger partial charge in [0.1, 0.15) is 0 Å². The highest BCUT2D eigenvalue weighted by molar-refractivity contribution is 7.98. The molecule has 4 heteroatoms. The largest absolute Gasteiger partial charge is 0.478 e. The minimum Gasteiger partial charge on any atom is -0.478 e. The summed E-state index contributed by atoms with van der Waals surface area (Å²) in [6.45, 7) is 4.06. The van der Waals surface area contributed by atoms with E-state index in [-0.39, 0.29) is 5.92 Å². The monoisotopic (exact) mass is 309 g/mol. The number of carbonyl (C=O) groups is 1. The highest BCUT2D eigenvalue weighted by Gasteiger charge is 2.13. The molecule has 0 aliphatic rings. The number of carboxylic acids is 1. The summed E-state index contributed by atoms with van der Waals surface area (Å²) in [5, 5.41) is 12.7. The molecule has 1 atom stereocenters. The third-order valence-corrected chi connectivity index (χ3v) is 4.50. The minimum atomic E-state index is -0.823. The van der Waals surface area contributed by atoms with E-state index in [1.54, 1.807) is 0 Å². The third kappa shape index (κ3) is 5.71. The summed E-state index contributed by atoms with van der Waals surface area (Å²) in [5.74, 6) is 0.528. The van der Waals surface area contributed by atoms with Gasteiger partial charge in [0, 0.05) is 11.8 Å². The van der Waals surface area contributed by atoms with Crippen molar-refractivity contribution in [1.82, 2.24) is 5.32 Å². The van der Waals surface area contributed by atoms with Gasteiger partial charge in [0.25, 0.3) is 0 Å². The van der Waals surface area contributed by atoms with Gasteiger partial charge >= 0.3 is 5.97 Å². The molecule has 0 fully saturated rings. The number of carboxylic acid groups (broad SMARTS) is 1. The first-order chi connectivity index (χ1) is 9.99. The Balaban J connectivity index is 2.68. The average Bonchev–Trinajstić information content (AvgIpc) is 2.45. The second-order valence-corrected chi connectivity index (χ2v) is 6.63. The molecule has 0 unspecified atom stereocenters. The molecule has 118 valence electrons. The molecule has 1 rings (SSSR count). The topological polar surface area (TPSA) is 49.3 Å². The molecule has 0 aromatic heterocycles. The first kappa shape index (κ1) is 18.1. The second-order valence-electron chi connectivity index (χ2n) is 5.71. The standard InChI is InChI=1S/C17H27NO2S/c1-12(2)15-9-8-13(10-16(15)17(19)20)6-5-7-14(18-3)11-21-4/h8-10,12,14,18H,5-7,11H2,1-4H3,(H,19,20)/t14-/m1/s1. The first-order valence-electron chi connectivity index (χ1n) is 7.51. The fourth-order valence-electron chi connectivity index (χ4n) is 2.51. The second kappa shape index (κ2) is 9.11. The molecule has 21 heavy (non-hydrogen) atoms. The summed E-state index contributed by atoms with van der Waals surface area (Å²) in [4.78, 5) is 11.4. The van der Waals surface area contributed by atoms with Gasteiger partial charge in [-0.3, -0.25) is 0 Å². The van der Waals surface area contributed by atoms with Gasteiger partial charge in [0.2, 0.25) is 0 Å². The summed E-state index contributed by atoms with van der Waals surface area (Å²) in [7, 11) is 2.00. The van der Waals surface area contributed by atoms with Gasteiger partial charge in [0.15, 0.2) is 0 Å². The average molecular weight is 309 g/mol. The number of hydrogen-bond acceptors (Lipinski definition) is 3. The number of thioether (sulfide) groups is 1. The Morgan fingerprint density at radius 1 is 1.38 bits per heavy atom. The van der Waals surface area contributed by atoms with Crippen LogP contribution in [-0.4, -0.2) is 36.2 Å². The quantitative estimate of drug-likeness (QED) is 0.729. The van der Waals surface area contributed by atoms with Gasteiger partial charge in [-0.25, -0.2) is 4.79 Å². The van der Waals surface area contributed by atoms with Crippen molar-refractivity contribution in [3.63, 3.8) is 0 Å². The van der Waals surface area contributed by atoms with E-state index < -0.39 is 5.97 Å². The van der Waals surface area contributed by atoms with Gasteiger partial charge < -0.3 is 10.4 Å². The zero-order valence-corrected chi connectivity index (χ0v) is 14.3. The highest BCUT2D eigenvalue weighted by Crippen LogP contribution is 2.22. The molecular weight excluding hydrogens is 282 g/mol. The molecule has 2 N–H and O–H groups in total. The van der Waals surface area contributed by atoms with Crippen LogP contribution in [0.25, 0.3) is 0 Å². The van der Waals surface area contributed by atoms with E-state index in [4.69, 9.17) is 0 Å². The van der Waals surface area contributed by atoms with E-state index in [0.717, 1.165) is 36.1 Å². The predicted octanol–water partition coefficient (Wildman–Crippen LogP) is 3.78. The lowest BCUT2D eigenvalue weighted by Gasteiger charge is -2.15. The highest BCUT2D eigenvalue weighted by atomic mass is 32.2. The molecule has 0 heterocycles. The van der Waals surface area contributed by atoms with Crippen molar-refractivity contribution in [2.75, 3.05) is 19.1 Å². The van der Waals surface area contributed by atoms with Crippen LogP contribution in [0.4, 0.5) is 0 Å². The number of rotatable bonds is 9. The zero-order chi connectivity index (χ0) is 15.8. The van der Waals surface area contributed by atoms with Gasteiger partial charge in [-0.05, 0) is 55.7 Å². The SMILES string of the molecule is CN[C@H](CCCc1ccc(C(C)C)c(C(=O)O)c1)CSC. The lowest BCUT2D eigenvalue weighted by Crippen LogP contribution is -2.27. The van der Waals surface area contributed by atoms with Gasteiger partial charge in [-0.15, -0.1) is 0 Å². The summed E-state index contributed by atoms with van der Waals surface area (Å²) >= 11 is 1.85. The number of benzene rings is 1. The third-order valence-electron chi connectivity index (χ3n) is 3.76. The molecule has 1 aromatic rings. The van der Waals surface area contributed by atoms with Crippen LogP contribution in [0, 0.1) is 0 Å². The maximum atomic E-state index is 11.4. The molecule has 3 nitrogen and oxygen atoms in total. The first-order valence-corrected chi connectivity index (χ1v) is 8.91. The summed E-state index contributed by atoms with van der Waals surface area (Å²) < 4.78 is 0. The molecule has 0 aliphatic heterocycles. The lowest BCUT2D eigenvalue weighted by atomic mass is 9.93. The maximum absolute atomic E-state index is 11.4. The minimum absolute atomic E-state index is 0.236. The summed E-state index contributed by atoms with van der Waals surface area (Å²) in [6, 6.07) is 6.43. The molecule has 0 radical (unpaired) electrons. The number of aromatic carboxylic acids is 1. The van der Waals surface area contributed by atoms with Crippen molar-refractivity contribution in [3.8, 4) is 0 Å². The Kier molecular flexibility index (Phi) is 7.83. The van der Waals surface area contributed by atoms with E-state index in [1.165, 1.54) is 0 Å². The van der Waals surface area contributed by atoms with Gasteiger partial charge in [-0.2, -0.15) is 11.8 Å². The van der Waals surface area contributed by atoms with Crippen molar-refractivity contribution in [3.05, 3.63) is 34.9 Å². The molecule has 0 aliphatic carbocycles. The van der Waals surface area contributed by atoms with Crippen LogP contribution in [0.1, 0.15) is 54.1 Å². The van der Waals surface area contributed by atoms with Crippen LogP contribution < -0.4 is 5.32 Å². The number of hydrogen-bond donors (Lipinski definition) is 2. The Bertz CT molecular complexity index is 460. The molecule has 0 saturated carbocycles. The van der Waals surface area contributed by atoms with Crippen LogP contribution >= 0.6 is 11.8 Å². The molecule has 1 aromatic carbocycles. The van der Waals surface area contributed by atoms with E-state index in [2.05, 4.69) is 17.6 Å². The summed E-state index contributed by atoms with van der Waals surface area (Å²) in [5.41, 5.74) is 2.49.